The van der Waals surface area contributed by atoms with Gasteiger partial charge in [-0.15, -0.1) is 11.8 Å². The Hall–Kier alpha value is -2.20. The third-order valence-electron chi connectivity index (χ3n) is 4.23. The lowest BCUT2D eigenvalue weighted by molar-refractivity contribution is -0.122. The van der Waals surface area contributed by atoms with Crippen LogP contribution in [0.2, 0.25) is 10.0 Å². The summed E-state index contributed by atoms with van der Waals surface area (Å²) in [7, 11) is -3.94. The first-order chi connectivity index (χ1) is 14.2. The average molecular weight is 485 g/mol. The van der Waals surface area contributed by atoms with E-state index in [0.717, 1.165) is 17.3 Å². The van der Waals surface area contributed by atoms with E-state index in [4.69, 9.17) is 28.9 Å². The number of halogens is 2. The van der Waals surface area contributed by atoms with Crippen molar-refractivity contribution in [2.75, 3.05) is 12.0 Å². The highest BCUT2D eigenvalue weighted by Gasteiger charge is 2.29. The smallest absolute Gasteiger partial charge is 0.242 e. The Morgan fingerprint density at radius 2 is 1.83 bits per heavy atom. The van der Waals surface area contributed by atoms with Crippen molar-refractivity contribution >= 4 is 56.5 Å². The number of anilines is 1. The molecule has 2 aromatic carbocycles. The highest BCUT2D eigenvalue weighted by Crippen LogP contribution is 2.34. The number of rotatable bonds is 7. The molecule has 0 aliphatic carbocycles. The number of carbonyl (C=O) groups excluding carboxylic acids is 1. The van der Waals surface area contributed by atoms with Crippen LogP contribution >= 0.6 is 35.0 Å². The van der Waals surface area contributed by atoms with E-state index >= 15 is 0 Å². The monoisotopic (exact) mass is 484 g/mol. The molecule has 30 heavy (non-hydrogen) atoms. The summed E-state index contributed by atoms with van der Waals surface area (Å²) in [5.74, 6) is -0.491. The van der Waals surface area contributed by atoms with Crippen LogP contribution < -0.4 is 11.1 Å². The van der Waals surface area contributed by atoms with Gasteiger partial charge in [-0.25, -0.2) is 13.1 Å². The molecule has 7 nitrogen and oxygen atoms in total. The van der Waals surface area contributed by atoms with Crippen molar-refractivity contribution in [1.82, 2.24) is 15.1 Å². The molecule has 0 aliphatic rings. The minimum absolute atomic E-state index is 0.0385. The highest BCUT2D eigenvalue weighted by atomic mass is 35.5. The van der Waals surface area contributed by atoms with Crippen LogP contribution in [0.4, 0.5) is 5.82 Å². The molecular weight excluding hydrogens is 467 g/mol. The number of thioether (sulfide) groups is 1. The Labute approximate surface area is 188 Å². The molecule has 0 bridgehead atoms. The molecule has 0 radical (unpaired) electrons. The summed E-state index contributed by atoms with van der Waals surface area (Å²) in [6.07, 6.45) is 1.68. The van der Waals surface area contributed by atoms with Crippen LogP contribution in [0.1, 0.15) is 5.56 Å². The SMILES string of the molecule is CSc1nn(CC(=O)NCc2ccccc2Cl)c(N)c1S(=O)(=O)c1ccc(Cl)cc1. The summed E-state index contributed by atoms with van der Waals surface area (Å²) in [6.45, 7) is -0.00895. The molecule has 1 heterocycles. The first-order valence-corrected chi connectivity index (χ1v) is 12.1. The summed E-state index contributed by atoms with van der Waals surface area (Å²) in [5, 5.41) is 8.10. The van der Waals surface area contributed by atoms with Crippen molar-refractivity contribution in [3.8, 4) is 0 Å². The van der Waals surface area contributed by atoms with E-state index in [2.05, 4.69) is 10.4 Å². The lowest BCUT2D eigenvalue weighted by Gasteiger charge is -2.08. The molecule has 0 saturated carbocycles. The fraction of sp³-hybridized carbons (Fsp3) is 0.158. The van der Waals surface area contributed by atoms with Gasteiger partial charge in [0, 0.05) is 16.6 Å². The number of sulfone groups is 1. The number of amides is 1. The maximum Gasteiger partial charge on any atom is 0.242 e. The van der Waals surface area contributed by atoms with Gasteiger partial charge >= 0.3 is 0 Å². The Kier molecular flexibility index (Phi) is 6.97. The molecule has 1 amide bonds. The third-order valence-corrected chi connectivity index (χ3v) is 7.48. The summed E-state index contributed by atoms with van der Waals surface area (Å²) in [5.41, 5.74) is 6.85. The topological polar surface area (TPSA) is 107 Å². The average Bonchev–Trinajstić information content (AvgIpc) is 3.03. The van der Waals surface area contributed by atoms with Crippen LogP contribution in [0.15, 0.2) is 63.3 Å². The molecule has 0 aliphatic heterocycles. The lowest BCUT2D eigenvalue weighted by atomic mass is 10.2. The fourth-order valence-corrected chi connectivity index (χ4v) is 5.46. The van der Waals surface area contributed by atoms with Crippen LogP contribution in [0.3, 0.4) is 0 Å². The van der Waals surface area contributed by atoms with Crippen LogP contribution in [-0.2, 0) is 27.7 Å². The summed E-state index contributed by atoms with van der Waals surface area (Å²) in [4.78, 5) is 12.3. The van der Waals surface area contributed by atoms with Gasteiger partial charge in [-0.3, -0.25) is 4.79 Å². The molecule has 0 unspecified atom stereocenters. The van der Waals surface area contributed by atoms with E-state index in [1.54, 1.807) is 24.5 Å². The molecule has 3 rings (SSSR count). The standard InChI is InChI=1S/C19H18Cl2N4O3S2/c1-29-19-17(30(27,28)14-8-6-13(20)7-9-14)18(22)25(24-19)11-16(26)23-10-12-4-2-3-5-15(12)21/h2-9H,10-11,22H2,1H3,(H,23,26). The van der Waals surface area contributed by atoms with E-state index in [1.807, 2.05) is 6.07 Å². The van der Waals surface area contributed by atoms with Crippen LogP contribution in [0.5, 0.6) is 0 Å². The van der Waals surface area contributed by atoms with Gasteiger partial charge in [-0.1, -0.05) is 41.4 Å². The minimum Gasteiger partial charge on any atom is -0.383 e. The van der Waals surface area contributed by atoms with E-state index in [0.29, 0.717) is 10.0 Å². The van der Waals surface area contributed by atoms with Gasteiger partial charge in [0.2, 0.25) is 15.7 Å². The van der Waals surface area contributed by atoms with Gasteiger partial charge in [0.05, 0.1) is 4.90 Å². The number of hydrogen-bond acceptors (Lipinski definition) is 6. The molecule has 1 aromatic heterocycles. The second kappa shape index (κ2) is 9.30. The van der Waals surface area contributed by atoms with E-state index in [9.17, 15) is 13.2 Å². The zero-order chi connectivity index (χ0) is 21.9. The lowest BCUT2D eigenvalue weighted by Crippen LogP contribution is -2.28. The Morgan fingerprint density at radius 1 is 1.17 bits per heavy atom. The molecule has 11 heteroatoms. The fourth-order valence-electron chi connectivity index (χ4n) is 2.70. The maximum absolute atomic E-state index is 13.1. The number of nitrogens with one attached hydrogen (secondary N) is 1. The van der Waals surface area contributed by atoms with Crippen molar-refractivity contribution < 1.29 is 13.2 Å². The molecule has 0 spiro atoms. The first kappa shape index (κ1) is 22.5. The molecule has 0 fully saturated rings. The van der Waals surface area contributed by atoms with Gasteiger partial charge < -0.3 is 11.1 Å². The number of nitrogens with two attached hydrogens (primary N) is 1. The van der Waals surface area contributed by atoms with Gasteiger partial charge in [-0.2, -0.15) is 5.10 Å². The van der Waals surface area contributed by atoms with Crippen molar-refractivity contribution in [3.63, 3.8) is 0 Å². The number of hydrogen-bond donors (Lipinski definition) is 2. The molecule has 3 aromatic rings. The zero-order valence-electron chi connectivity index (χ0n) is 15.8. The number of aromatic nitrogens is 2. The van der Waals surface area contributed by atoms with Crippen molar-refractivity contribution in [2.45, 2.75) is 27.9 Å². The molecule has 0 saturated heterocycles. The normalized spacial score (nSPS) is 11.4. The van der Waals surface area contributed by atoms with Crippen molar-refractivity contribution in [2.24, 2.45) is 0 Å². The number of benzene rings is 2. The first-order valence-electron chi connectivity index (χ1n) is 8.65. The van der Waals surface area contributed by atoms with Crippen molar-refractivity contribution in [3.05, 3.63) is 64.1 Å². The Morgan fingerprint density at radius 3 is 2.47 bits per heavy atom. The quantitative estimate of drug-likeness (QED) is 0.495. The van der Waals surface area contributed by atoms with E-state index in [-0.39, 0.29) is 39.6 Å². The van der Waals surface area contributed by atoms with Crippen LogP contribution in [0, 0.1) is 0 Å². The Balaban J connectivity index is 1.84. The van der Waals surface area contributed by atoms with E-state index in [1.165, 1.54) is 28.9 Å². The second-order valence-corrected chi connectivity index (χ2v) is 9.73. The summed E-state index contributed by atoms with van der Waals surface area (Å²) < 4.78 is 27.4. The molecular formula is C19H18Cl2N4O3S2. The predicted molar refractivity (Wildman–Crippen MR) is 119 cm³/mol. The van der Waals surface area contributed by atoms with Crippen molar-refractivity contribution in [1.29, 1.82) is 0 Å². The number of nitrogens with zero attached hydrogens (tertiary/aromatic N) is 2. The molecule has 158 valence electrons. The highest BCUT2D eigenvalue weighted by molar-refractivity contribution is 7.99. The minimum atomic E-state index is -3.94. The van der Waals surface area contributed by atoms with Crippen LogP contribution in [-0.4, -0.2) is 30.4 Å². The summed E-state index contributed by atoms with van der Waals surface area (Å²) >= 11 is 13.1. The van der Waals surface area contributed by atoms with Gasteiger partial charge in [0.25, 0.3) is 0 Å². The number of carbonyl (C=O) groups is 1. The van der Waals surface area contributed by atoms with Gasteiger partial charge in [0.1, 0.15) is 22.3 Å². The third kappa shape index (κ3) is 4.75. The maximum atomic E-state index is 13.1. The van der Waals surface area contributed by atoms with Crippen LogP contribution in [0.25, 0.3) is 0 Å². The van der Waals surface area contributed by atoms with Gasteiger partial charge in [0.15, 0.2) is 0 Å². The second-order valence-electron chi connectivity index (χ2n) is 6.21. The largest absolute Gasteiger partial charge is 0.383 e. The zero-order valence-corrected chi connectivity index (χ0v) is 18.9. The molecule has 0 atom stereocenters. The summed E-state index contributed by atoms with van der Waals surface area (Å²) in [6, 6.07) is 12.9. The number of nitrogen functional groups attached to an aromatic ring is 1. The van der Waals surface area contributed by atoms with Gasteiger partial charge in [-0.05, 0) is 42.2 Å². The predicted octanol–water partition coefficient (Wildman–Crippen LogP) is 3.64. The van der Waals surface area contributed by atoms with E-state index < -0.39 is 9.84 Å². The molecule has 3 N–H and O–H groups in total. The Bertz CT molecular complexity index is 1180.